The van der Waals surface area contributed by atoms with Crippen molar-refractivity contribution in [3.63, 3.8) is 0 Å². The van der Waals surface area contributed by atoms with Crippen molar-refractivity contribution in [2.24, 2.45) is 0 Å². The highest BCUT2D eigenvalue weighted by molar-refractivity contribution is 5.72. The Hall–Kier alpha value is -1.75. The van der Waals surface area contributed by atoms with E-state index in [0.29, 0.717) is 31.3 Å². The summed E-state index contributed by atoms with van der Waals surface area (Å²) in [6.45, 7) is 3.12. The molecule has 106 valence electrons. The lowest BCUT2D eigenvalue weighted by Gasteiger charge is -2.11. The molecule has 0 saturated heterocycles. The lowest BCUT2D eigenvalue weighted by atomic mass is 10.1. The summed E-state index contributed by atoms with van der Waals surface area (Å²) < 4.78 is 20.6. The summed E-state index contributed by atoms with van der Waals surface area (Å²) in [4.78, 5) is 11.4. The zero-order chi connectivity index (χ0) is 14.1. The van der Waals surface area contributed by atoms with Crippen LogP contribution >= 0.6 is 0 Å². The average molecular weight is 268 g/mol. The lowest BCUT2D eigenvalue weighted by Crippen LogP contribution is -2.08. The number of ether oxygens (including phenoxy) is 4. The van der Waals surface area contributed by atoms with Crippen molar-refractivity contribution in [2.75, 3.05) is 34.0 Å². The summed E-state index contributed by atoms with van der Waals surface area (Å²) >= 11 is 0. The molecule has 0 aliphatic heterocycles. The van der Waals surface area contributed by atoms with E-state index in [1.807, 2.05) is 6.07 Å². The van der Waals surface area contributed by atoms with Gasteiger partial charge in [-0.15, -0.1) is 0 Å². The number of carbonyl (C=O) groups excluding carboxylic acids is 1. The molecule has 0 N–H and O–H groups in total. The largest absolute Gasteiger partial charge is 0.493 e. The van der Waals surface area contributed by atoms with Crippen LogP contribution in [0.25, 0.3) is 0 Å². The fraction of sp³-hybridized carbons (Fsp3) is 0.500. The SMILES string of the molecule is CCOC(=O)Cc1ccc(OCCOC)c(OC)c1. The third kappa shape index (κ3) is 5.18. The van der Waals surface area contributed by atoms with Crippen LogP contribution in [0, 0.1) is 0 Å². The van der Waals surface area contributed by atoms with E-state index in [9.17, 15) is 4.79 Å². The molecule has 5 nitrogen and oxygen atoms in total. The summed E-state index contributed by atoms with van der Waals surface area (Å²) in [5, 5.41) is 0. The molecule has 0 aromatic heterocycles. The summed E-state index contributed by atoms with van der Waals surface area (Å²) in [5.74, 6) is 0.975. The van der Waals surface area contributed by atoms with Gasteiger partial charge in [-0.1, -0.05) is 6.07 Å². The average Bonchev–Trinajstić information content (AvgIpc) is 2.40. The molecule has 0 heterocycles. The van der Waals surface area contributed by atoms with Gasteiger partial charge in [-0.25, -0.2) is 0 Å². The van der Waals surface area contributed by atoms with Crippen LogP contribution in [-0.4, -0.2) is 40.0 Å². The second-order valence-corrected chi connectivity index (χ2v) is 3.81. The number of esters is 1. The van der Waals surface area contributed by atoms with Crippen molar-refractivity contribution in [3.8, 4) is 11.5 Å². The molecule has 19 heavy (non-hydrogen) atoms. The molecule has 0 spiro atoms. The first-order chi connectivity index (χ1) is 9.21. The Balaban J connectivity index is 2.69. The monoisotopic (exact) mass is 268 g/mol. The summed E-state index contributed by atoms with van der Waals surface area (Å²) in [5.41, 5.74) is 0.828. The van der Waals surface area contributed by atoms with Crippen molar-refractivity contribution >= 4 is 5.97 Å². The van der Waals surface area contributed by atoms with E-state index in [0.717, 1.165) is 5.56 Å². The van der Waals surface area contributed by atoms with Crippen LogP contribution in [0.2, 0.25) is 0 Å². The molecule has 0 aliphatic rings. The Morgan fingerprint density at radius 3 is 2.58 bits per heavy atom. The molecule has 0 fully saturated rings. The quantitative estimate of drug-likeness (QED) is 0.532. The van der Waals surface area contributed by atoms with Gasteiger partial charge in [0, 0.05) is 7.11 Å². The van der Waals surface area contributed by atoms with Gasteiger partial charge in [0.2, 0.25) is 0 Å². The van der Waals surface area contributed by atoms with E-state index in [4.69, 9.17) is 18.9 Å². The van der Waals surface area contributed by atoms with Crippen molar-refractivity contribution in [2.45, 2.75) is 13.3 Å². The zero-order valence-corrected chi connectivity index (χ0v) is 11.6. The molecule has 0 bridgehead atoms. The predicted molar refractivity (Wildman–Crippen MR) is 70.7 cm³/mol. The maximum atomic E-state index is 11.4. The summed E-state index contributed by atoms with van der Waals surface area (Å²) in [6, 6.07) is 5.38. The normalized spacial score (nSPS) is 10.1. The maximum Gasteiger partial charge on any atom is 0.310 e. The first-order valence-electron chi connectivity index (χ1n) is 6.15. The van der Waals surface area contributed by atoms with Gasteiger partial charge >= 0.3 is 5.97 Å². The van der Waals surface area contributed by atoms with Gasteiger partial charge < -0.3 is 18.9 Å². The predicted octanol–water partition coefficient (Wildman–Crippen LogP) is 1.83. The number of benzene rings is 1. The van der Waals surface area contributed by atoms with Gasteiger partial charge in [-0.2, -0.15) is 0 Å². The van der Waals surface area contributed by atoms with Gasteiger partial charge in [-0.05, 0) is 24.6 Å². The molecule has 1 aromatic rings. The minimum Gasteiger partial charge on any atom is -0.493 e. The molecular formula is C14H20O5. The highest BCUT2D eigenvalue weighted by Crippen LogP contribution is 2.28. The van der Waals surface area contributed by atoms with Gasteiger partial charge in [-0.3, -0.25) is 4.79 Å². The number of methoxy groups -OCH3 is 2. The molecular weight excluding hydrogens is 248 g/mol. The number of rotatable bonds is 8. The van der Waals surface area contributed by atoms with E-state index in [1.165, 1.54) is 0 Å². The van der Waals surface area contributed by atoms with Crippen molar-refractivity contribution in [1.82, 2.24) is 0 Å². The second kappa shape index (κ2) is 8.37. The summed E-state index contributed by atoms with van der Waals surface area (Å²) in [7, 11) is 3.18. The molecule has 1 rings (SSSR count). The van der Waals surface area contributed by atoms with Crippen molar-refractivity contribution < 1.29 is 23.7 Å². The standard InChI is InChI=1S/C14H20O5/c1-4-18-14(15)10-11-5-6-12(13(9-11)17-3)19-8-7-16-2/h5-6,9H,4,7-8,10H2,1-3H3. The van der Waals surface area contributed by atoms with E-state index in [-0.39, 0.29) is 12.4 Å². The Morgan fingerprint density at radius 2 is 1.95 bits per heavy atom. The Labute approximate surface area is 113 Å². The molecule has 0 aliphatic carbocycles. The van der Waals surface area contributed by atoms with Gasteiger partial charge in [0.05, 0.1) is 26.7 Å². The maximum absolute atomic E-state index is 11.4. The molecule has 0 atom stereocenters. The van der Waals surface area contributed by atoms with Gasteiger partial charge in [0.25, 0.3) is 0 Å². The van der Waals surface area contributed by atoms with Gasteiger partial charge in [0.1, 0.15) is 6.61 Å². The number of hydrogen-bond donors (Lipinski definition) is 0. The van der Waals surface area contributed by atoms with Crippen LogP contribution < -0.4 is 9.47 Å². The second-order valence-electron chi connectivity index (χ2n) is 3.81. The third-order valence-electron chi connectivity index (χ3n) is 2.43. The molecule has 0 amide bonds. The highest BCUT2D eigenvalue weighted by atomic mass is 16.5. The van der Waals surface area contributed by atoms with Crippen LogP contribution in [-0.2, 0) is 20.7 Å². The molecule has 5 heteroatoms. The topological polar surface area (TPSA) is 54.0 Å². The highest BCUT2D eigenvalue weighted by Gasteiger charge is 2.09. The zero-order valence-electron chi connectivity index (χ0n) is 11.6. The Morgan fingerprint density at radius 1 is 1.16 bits per heavy atom. The summed E-state index contributed by atoms with van der Waals surface area (Å²) in [6.07, 6.45) is 0.225. The van der Waals surface area contributed by atoms with Crippen molar-refractivity contribution in [3.05, 3.63) is 23.8 Å². The van der Waals surface area contributed by atoms with E-state index in [1.54, 1.807) is 33.3 Å². The molecule has 0 unspecified atom stereocenters. The smallest absolute Gasteiger partial charge is 0.310 e. The van der Waals surface area contributed by atoms with E-state index in [2.05, 4.69) is 0 Å². The lowest BCUT2D eigenvalue weighted by molar-refractivity contribution is -0.142. The van der Waals surface area contributed by atoms with Crippen molar-refractivity contribution in [1.29, 1.82) is 0 Å². The van der Waals surface area contributed by atoms with Crippen LogP contribution in [0.5, 0.6) is 11.5 Å². The number of hydrogen-bond acceptors (Lipinski definition) is 5. The minimum atomic E-state index is -0.252. The fourth-order valence-corrected chi connectivity index (χ4v) is 1.55. The van der Waals surface area contributed by atoms with Crippen LogP contribution in [0.15, 0.2) is 18.2 Å². The van der Waals surface area contributed by atoms with E-state index >= 15 is 0 Å². The third-order valence-corrected chi connectivity index (χ3v) is 2.43. The number of carbonyl (C=O) groups is 1. The van der Waals surface area contributed by atoms with Crippen LogP contribution in [0.3, 0.4) is 0 Å². The Bertz CT molecular complexity index is 403. The first-order valence-corrected chi connectivity index (χ1v) is 6.15. The molecule has 0 saturated carbocycles. The molecule has 0 radical (unpaired) electrons. The van der Waals surface area contributed by atoms with E-state index < -0.39 is 0 Å². The fourth-order valence-electron chi connectivity index (χ4n) is 1.55. The van der Waals surface area contributed by atoms with Crippen LogP contribution in [0.1, 0.15) is 12.5 Å². The van der Waals surface area contributed by atoms with Gasteiger partial charge in [0.15, 0.2) is 11.5 Å². The first kappa shape index (κ1) is 15.3. The minimum absolute atomic E-state index is 0.225. The Kier molecular flexibility index (Phi) is 6.74. The molecule has 1 aromatic carbocycles. The van der Waals surface area contributed by atoms with Crippen LogP contribution in [0.4, 0.5) is 0 Å².